The number of carboxylic acids is 1. The molecular formula is C16H17BrN2O3. The summed E-state index contributed by atoms with van der Waals surface area (Å²) in [4.78, 5) is 28.9. The van der Waals surface area contributed by atoms with Crippen LogP contribution in [0.3, 0.4) is 0 Å². The number of rotatable bonds is 2. The third-order valence-corrected chi connectivity index (χ3v) is 5.04. The molecule has 0 aliphatic carbocycles. The Bertz CT molecular complexity index is 740. The molecule has 0 radical (unpaired) electrons. The monoisotopic (exact) mass is 364 g/mol. The van der Waals surface area contributed by atoms with Crippen LogP contribution in [-0.2, 0) is 4.79 Å². The van der Waals surface area contributed by atoms with Gasteiger partial charge in [-0.2, -0.15) is 0 Å². The van der Waals surface area contributed by atoms with Gasteiger partial charge in [-0.25, -0.2) is 0 Å². The van der Waals surface area contributed by atoms with E-state index in [-0.39, 0.29) is 18.5 Å². The lowest BCUT2D eigenvalue weighted by atomic mass is 9.93. The maximum atomic E-state index is 12.9. The van der Waals surface area contributed by atoms with E-state index in [0.717, 1.165) is 15.4 Å². The van der Waals surface area contributed by atoms with Crippen molar-refractivity contribution in [2.75, 3.05) is 6.54 Å². The second-order valence-corrected chi connectivity index (χ2v) is 6.64. The van der Waals surface area contributed by atoms with Crippen LogP contribution in [0.4, 0.5) is 0 Å². The smallest absolute Gasteiger partial charge is 0.308 e. The number of aliphatic carboxylic acids is 1. The van der Waals surface area contributed by atoms with E-state index in [1.807, 2.05) is 25.1 Å². The van der Waals surface area contributed by atoms with Crippen molar-refractivity contribution in [3.05, 3.63) is 34.4 Å². The van der Waals surface area contributed by atoms with Gasteiger partial charge in [0.25, 0.3) is 5.91 Å². The van der Waals surface area contributed by atoms with Crippen LogP contribution < -0.4 is 0 Å². The van der Waals surface area contributed by atoms with Crippen molar-refractivity contribution in [3.8, 4) is 0 Å². The summed E-state index contributed by atoms with van der Waals surface area (Å²) < 4.78 is 0.856. The predicted octanol–water partition coefficient (Wildman–Crippen LogP) is 3.26. The van der Waals surface area contributed by atoms with E-state index in [1.165, 1.54) is 0 Å². The normalized spacial score (nSPS) is 22.0. The molecule has 0 spiro atoms. The number of carbonyl (C=O) groups excluding carboxylic acids is 1. The fourth-order valence-corrected chi connectivity index (χ4v) is 3.63. The highest BCUT2D eigenvalue weighted by atomic mass is 79.9. The standard InChI is InChI=1S/C16H17BrN2O3/c1-9-5-6-10(16(21)22)8-19(9)15(20)11-7-18-13-4-2-3-12(17)14(11)13/h2-4,7,9-10,18H,5-6,8H2,1H3,(H,21,22). The van der Waals surface area contributed by atoms with Crippen molar-refractivity contribution in [1.82, 2.24) is 9.88 Å². The molecule has 1 aromatic carbocycles. The highest BCUT2D eigenvalue weighted by Gasteiger charge is 2.33. The molecule has 22 heavy (non-hydrogen) atoms. The van der Waals surface area contributed by atoms with Gasteiger partial charge in [-0.05, 0) is 31.9 Å². The topological polar surface area (TPSA) is 73.4 Å². The first-order chi connectivity index (χ1) is 10.5. The van der Waals surface area contributed by atoms with Gasteiger partial charge in [0.15, 0.2) is 0 Å². The molecule has 2 N–H and O–H groups in total. The zero-order chi connectivity index (χ0) is 15.9. The van der Waals surface area contributed by atoms with Crippen LogP contribution in [0.1, 0.15) is 30.1 Å². The Morgan fingerprint density at radius 1 is 1.36 bits per heavy atom. The van der Waals surface area contributed by atoms with Gasteiger partial charge in [0, 0.05) is 34.2 Å². The number of hydrogen-bond donors (Lipinski definition) is 2. The third kappa shape index (κ3) is 2.52. The summed E-state index contributed by atoms with van der Waals surface area (Å²) in [6, 6.07) is 5.76. The van der Waals surface area contributed by atoms with E-state index in [4.69, 9.17) is 0 Å². The van der Waals surface area contributed by atoms with Crippen molar-refractivity contribution >= 4 is 38.7 Å². The SMILES string of the molecule is CC1CCC(C(=O)O)CN1C(=O)c1c[nH]c2cccc(Br)c12. The molecule has 0 bridgehead atoms. The number of H-pyrrole nitrogens is 1. The number of piperidine rings is 1. The first kappa shape index (κ1) is 15.1. The number of carboxylic acid groups (broad SMARTS) is 1. The quantitative estimate of drug-likeness (QED) is 0.858. The van der Waals surface area contributed by atoms with Gasteiger partial charge in [0.05, 0.1) is 11.5 Å². The molecule has 2 unspecified atom stereocenters. The second kappa shape index (κ2) is 5.76. The zero-order valence-corrected chi connectivity index (χ0v) is 13.8. The number of carbonyl (C=O) groups is 2. The Kier molecular flexibility index (Phi) is 3.95. The zero-order valence-electron chi connectivity index (χ0n) is 12.2. The Balaban J connectivity index is 1.96. The van der Waals surface area contributed by atoms with Gasteiger partial charge in [0.2, 0.25) is 0 Å². The van der Waals surface area contributed by atoms with Gasteiger partial charge in [-0.15, -0.1) is 0 Å². The number of hydrogen-bond acceptors (Lipinski definition) is 2. The number of aromatic nitrogens is 1. The molecule has 2 atom stereocenters. The second-order valence-electron chi connectivity index (χ2n) is 5.78. The molecular weight excluding hydrogens is 348 g/mol. The molecule has 2 heterocycles. The first-order valence-corrected chi connectivity index (χ1v) is 8.07. The highest BCUT2D eigenvalue weighted by Crippen LogP contribution is 2.30. The van der Waals surface area contributed by atoms with Gasteiger partial charge in [-0.1, -0.05) is 22.0 Å². The summed E-state index contributed by atoms with van der Waals surface area (Å²) in [6.45, 7) is 2.24. The maximum Gasteiger partial charge on any atom is 0.308 e. The minimum atomic E-state index is -0.829. The van der Waals surface area contributed by atoms with E-state index in [1.54, 1.807) is 11.1 Å². The average Bonchev–Trinajstić information content (AvgIpc) is 2.92. The highest BCUT2D eigenvalue weighted by molar-refractivity contribution is 9.10. The van der Waals surface area contributed by atoms with Gasteiger partial charge in [0.1, 0.15) is 0 Å². The summed E-state index contributed by atoms with van der Waals surface area (Å²) >= 11 is 3.48. The van der Waals surface area contributed by atoms with E-state index in [2.05, 4.69) is 20.9 Å². The number of benzene rings is 1. The van der Waals surface area contributed by atoms with E-state index >= 15 is 0 Å². The Morgan fingerprint density at radius 2 is 2.14 bits per heavy atom. The average molecular weight is 365 g/mol. The molecule has 1 aliphatic heterocycles. The number of nitrogens with zero attached hydrogens (tertiary/aromatic N) is 1. The Labute approximate surface area is 136 Å². The minimum absolute atomic E-state index is 0.0514. The summed E-state index contributed by atoms with van der Waals surface area (Å²) in [5, 5.41) is 10.1. The Hall–Kier alpha value is -1.82. The molecule has 1 aromatic heterocycles. The van der Waals surface area contributed by atoms with E-state index < -0.39 is 11.9 Å². The first-order valence-electron chi connectivity index (χ1n) is 7.28. The summed E-state index contributed by atoms with van der Waals surface area (Å²) in [5.74, 6) is -1.42. The number of fused-ring (bicyclic) bond motifs is 1. The molecule has 1 aliphatic rings. The lowest BCUT2D eigenvalue weighted by Crippen LogP contribution is -2.47. The number of nitrogens with one attached hydrogen (secondary N) is 1. The van der Waals surface area contributed by atoms with Crippen LogP contribution in [0.5, 0.6) is 0 Å². The predicted molar refractivity (Wildman–Crippen MR) is 86.9 cm³/mol. The molecule has 1 amide bonds. The molecule has 6 heteroatoms. The number of halogens is 1. The fourth-order valence-electron chi connectivity index (χ4n) is 3.06. The molecule has 116 valence electrons. The molecule has 0 saturated carbocycles. The van der Waals surface area contributed by atoms with Crippen molar-refractivity contribution in [1.29, 1.82) is 0 Å². The number of amides is 1. The fraction of sp³-hybridized carbons (Fsp3) is 0.375. The summed E-state index contributed by atoms with van der Waals surface area (Å²) in [5.41, 5.74) is 1.47. The molecule has 3 rings (SSSR count). The largest absolute Gasteiger partial charge is 0.481 e. The van der Waals surface area contributed by atoms with E-state index in [0.29, 0.717) is 18.4 Å². The van der Waals surface area contributed by atoms with Crippen LogP contribution in [0, 0.1) is 5.92 Å². The third-order valence-electron chi connectivity index (χ3n) is 4.38. The van der Waals surface area contributed by atoms with Crippen LogP contribution >= 0.6 is 15.9 Å². The van der Waals surface area contributed by atoms with Crippen molar-refractivity contribution in [3.63, 3.8) is 0 Å². The Morgan fingerprint density at radius 3 is 2.86 bits per heavy atom. The van der Waals surface area contributed by atoms with Crippen molar-refractivity contribution in [2.24, 2.45) is 5.92 Å². The van der Waals surface area contributed by atoms with Crippen molar-refractivity contribution in [2.45, 2.75) is 25.8 Å². The van der Waals surface area contributed by atoms with Crippen LogP contribution in [0.15, 0.2) is 28.9 Å². The van der Waals surface area contributed by atoms with Crippen LogP contribution in [0.25, 0.3) is 10.9 Å². The summed E-state index contributed by atoms with van der Waals surface area (Å²) in [7, 11) is 0. The van der Waals surface area contributed by atoms with Gasteiger partial charge >= 0.3 is 5.97 Å². The molecule has 2 aromatic rings. The lowest BCUT2D eigenvalue weighted by molar-refractivity contribution is -0.143. The number of aromatic amines is 1. The van der Waals surface area contributed by atoms with Crippen molar-refractivity contribution < 1.29 is 14.7 Å². The molecule has 1 fully saturated rings. The number of likely N-dealkylation sites (tertiary alicyclic amines) is 1. The van der Waals surface area contributed by atoms with Crippen LogP contribution in [0.2, 0.25) is 0 Å². The maximum absolute atomic E-state index is 12.9. The van der Waals surface area contributed by atoms with Gasteiger partial charge < -0.3 is 15.0 Å². The van der Waals surface area contributed by atoms with E-state index in [9.17, 15) is 14.7 Å². The minimum Gasteiger partial charge on any atom is -0.481 e. The molecule has 1 saturated heterocycles. The summed E-state index contributed by atoms with van der Waals surface area (Å²) in [6.07, 6.45) is 3.04. The van der Waals surface area contributed by atoms with Crippen LogP contribution in [-0.4, -0.2) is 39.5 Å². The molecule has 5 nitrogen and oxygen atoms in total. The lowest BCUT2D eigenvalue weighted by Gasteiger charge is -2.36. The van der Waals surface area contributed by atoms with Gasteiger partial charge in [-0.3, -0.25) is 9.59 Å².